The molecule has 0 amide bonds. The molecule has 1 saturated heterocycles. The van der Waals surface area contributed by atoms with E-state index in [1.165, 1.54) is 35.7 Å². The van der Waals surface area contributed by atoms with Crippen LogP contribution in [-0.2, 0) is 0 Å². The minimum atomic E-state index is 0.571. The number of hydrogen-bond donors (Lipinski definition) is 0. The van der Waals surface area contributed by atoms with Crippen LogP contribution in [0.25, 0.3) is 0 Å². The van der Waals surface area contributed by atoms with Gasteiger partial charge in [-0.3, -0.25) is 0 Å². The summed E-state index contributed by atoms with van der Waals surface area (Å²) in [5, 5.41) is 14.5. The third kappa shape index (κ3) is 2.39. The van der Waals surface area contributed by atoms with Gasteiger partial charge in [0.25, 0.3) is 0 Å². The molecule has 6 heteroatoms. The molecule has 4 rings (SSSR count). The van der Waals surface area contributed by atoms with Gasteiger partial charge in [0.05, 0.1) is 5.01 Å². The first-order valence-corrected chi connectivity index (χ1v) is 8.57. The molecule has 2 aromatic rings. The van der Waals surface area contributed by atoms with Crippen LogP contribution in [0.15, 0.2) is 11.6 Å². The second kappa shape index (κ2) is 4.83. The van der Waals surface area contributed by atoms with Crippen LogP contribution in [0.4, 0.5) is 5.13 Å². The number of anilines is 1. The minimum absolute atomic E-state index is 0.571. The second-order valence-electron chi connectivity index (χ2n) is 5.35. The Balaban J connectivity index is 1.50. The fraction of sp³-hybridized carbons (Fsp3) is 0.615. The third-order valence-electron chi connectivity index (χ3n) is 3.85. The van der Waals surface area contributed by atoms with E-state index in [-0.39, 0.29) is 0 Å². The summed E-state index contributed by atoms with van der Waals surface area (Å²) in [6, 6.07) is 0. The molecule has 1 aliphatic heterocycles. The largest absolute Gasteiger partial charge is 0.346 e. The van der Waals surface area contributed by atoms with Gasteiger partial charge in [0.1, 0.15) is 5.01 Å². The topological polar surface area (TPSA) is 41.9 Å². The maximum absolute atomic E-state index is 4.47. The molecule has 0 unspecified atom stereocenters. The predicted molar refractivity (Wildman–Crippen MR) is 78.2 cm³/mol. The lowest BCUT2D eigenvalue weighted by Crippen LogP contribution is -2.34. The van der Waals surface area contributed by atoms with Gasteiger partial charge in [-0.1, -0.05) is 11.3 Å². The SMILES string of the molecule is c1csc([C@H]2CCCN(c3nnc(C4CC4)s3)C2)n1. The van der Waals surface area contributed by atoms with E-state index in [1.54, 1.807) is 22.7 Å². The lowest BCUT2D eigenvalue weighted by molar-refractivity contribution is 0.507. The summed E-state index contributed by atoms with van der Waals surface area (Å²) in [5.41, 5.74) is 0. The van der Waals surface area contributed by atoms with Gasteiger partial charge < -0.3 is 4.90 Å². The smallest absolute Gasteiger partial charge is 0.208 e. The van der Waals surface area contributed by atoms with Gasteiger partial charge in [0.2, 0.25) is 5.13 Å². The molecule has 0 bridgehead atoms. The van der Waals surface area contributed by atoms with Crippen molar-refractivity contribution in [2.45, 2.75) is 37.5 Å². The van der Waals surface area contributed by atoms with Crippen LogP contribution in [0.5, 0.6) is 0 Å². The third-order valence-corrected chi connectivity index (χ3v) is 5.93. The van der Waals surface area contributed by atoms with Crippen molar-refractivity contribution in [3.8, 4) is 0 Å². The first-order chi connectivity index (χ1) is 9.40. The highest BCUT2D eigenvalue weighted by molar-refractivity contribution is 7.15. The van der Waals surface area contributed by atoms with Gasteiger partial charge >= 0.3 is 0 Å². The molecule has 1 saturated carbocycles. The highest BCUT2D eigenvalue weighted by atomic mass is 32.1. The average molecular weight is 292 g/mol. The van der Waals surface area contributed by atoms with E-state index in [9.17, 15) is 0 Å². The molecule has 2 aromatic heterocycles. The van der Waals surface area contributed by atoms with E-state index in [2.05, 4.69) is 25.5 Å². The molecule has 0 N–H and O–H groups in total. The van der Waals surface area contributed by atoms with Crippen LogP contribution >= 0.6 is 22.7 Å². The van der Waals surface area contributed by atoms with Crippen molar-refractivity contribution < 1.29 is 0 Å². The summed E-state index contributed by atoms with van der Waals surface area (Å²) in [6.45, 7) is 2.16. The van der Waals surface area contributed by atoms with Crippen molar-refractivity contribution >= 4 is 27.8 Å². The van der Waals surface area contributed by atoms with Crippen molar-refractivity contribution in [2.24, 2.45) is 0 Å². The van der Waals surface area contributed by atoms with E-state index in [4.69, 9.17) is 0 Å². The van der Waals surface area contributed by atoms with Gasteiger partial charge in [-0.05, 0) is 25.7 Å². The molecule has 0 spiro atoms. The van der Waals surface area contributed by atoms with Crippen LogP contribution in [0.2, 0.25) is 0 Å². The zero-order valence-electron chi connectivity index (χ0n) is 10.7. The standard InChI is InChI=1S/C13H16N4S2/c1-2-10(11-14-5-7-18-11)8-17(6-1)13-16-15-12(19-13)9-3-4-9/h5,7,9-10H,1-4,6,8H2/t10-/m0/s1. The maximum Gasteiger partial charge on any atom is 0.208 e. The van der Waals surface area contributed by atoms with Crippen LogP contribution in [0.3, 0.4) is 0 Å². The van der Waals surface area contributed by atoms with E-state index in [0.29, 0.717) is 11.8 Å². The first-order valence-electron chi connectivity index (χ1n) is 6.88. The molecule has 100 valence electrons. The van der Waals surface area contributed by atoms with E-state index in [1.807, 2.05) is 6.20 Å². The number of nitrogens with zero attached hydrogens (tertiary/aromatic N) is 4. The fourth-order valence-electron chi connectivity index (χ4n) is 2.64. The molecule has 3 heterocycles. The summed E-state index contributed by atoms with van der Waals surface area (Å²) < 4.78 is 0. The van der Waals surface area contributed by atoms with E-state index >= 15 is 0 Å². The highest BCUT2D eigenvalue weighted by Gasteiger charge is 2.30. The van der Waals surface area contributed by atoms with Crippen molar-refractivity contribution in [3.63, 3.8) is 0 Å². The highest BCUT2D eigenvalue weighted by Crippen LogP contribution is 2.43. The first kappa shape index (κ1) is 11.8. The Morgan fingerprint density at radius 2 is 2.05 bits per heavy atom. The maximum atomic E-state index is 4.47. The van der Waals surface area contributed by atoms with Gasteiger partial charge in [0, 0.05) is 36.5 Å². The molecular weight excluding hydrogens is 276 g/mol. The summed E-state index contributed by atoms with van der Waals surface area (Å²) in [7, 11) is 0. The van der Waals surface area contributed by atoms with Gasteiger partial charge in [-0.15, -0.1) is 21.5 Å². The van der Waals surface area contributed by atoms with Crippen LogP contribution in [0, 0.1) is 0 Å². The number of rotatable bonds is 3. The second-order valence-corrected chi connectivity index (χ2v) is 7.27. The lowest BCUT2D eigenvalue weighted by Gasteiger charge is -2.31. The van der Waals surface area contributed by atoms with Gasteiger partial charge in [0.15, 0.2) is 0 Å². The number of piperidine rings is 1. The summed E-state index contributed by atoms with van der Waals surface area (Å²) in [5.74, 6) is 1.29. The Labute approximate surface area is 120 Å². The van der Waals surface area contributed by atoms with Crippen molar-refractivity contribution in [2.75, 3.05) is 18.0 Å². The Hall–Kier alpha value is -1.01. The van der Waals surface area contributed by atoms with Gasteiger partial charge in [-0.2, -0.15) is 0 Å². The average Bonchev–Trinajstić information content (AvgIpc) is 2.97. The molecule has 0 radical (unpaired) electrons. The van der Waals surface area contributed by atoms with Crippen LogP contribution < -0.4 is 4.90 Å². The number of hydrogen-bond acceptors (Lipinski definition) is 6. The number of thiazole rings is 1. The molecule has 2 aliphatic rings. The van der Waals surface area contributed by atoms with Crippen LogP contribution in [-0.4, -0.2) is 28.3 Å². The minimum Gasteiger partial charge on any atom is -0.346 e. The molecule has 0 aromatic carbocycles. The Bertz CT molecular complexity index is 547. The molecule has 1 atom stereocenters. The van der Waals surface area contributed by atoms with Gasteiger partial charge in [-0.25, -0.2) is 4.98 Å². The van der Waals surface area contributed by atoms with E-state index < -0.39 is 0 Å². The summed E-state index contributed by atoms with van der Waals surface area (Å²) >= 11 is 3.57. The Morgan fingerprint density at radius 1 is 1.11 bits per heavy atom. The molecule has 2 fully saturated rings. The number of aromatic nitrogens is 3. The molecular formula is C13H16N4S2. The van der Waals surface area contributed by atoms with Crippen molar-refractivity contribution in [1.29, 1.82) is 0 Å². The molecule has 1 aliphatic carbocycles. The summed E-state index contributed by atoms with van der Waals surface area (Å²) in [4.78, 5) is 6.87. The summed E-state index contributed by atoms with van der Waals surface area (Å²) in [6.07, 6.45) is 6.99. The molecule has 4 nitrogen and oxygen atoms in total. The van der Waals surface area contributed by atoms with Crippen molar-refractivity contribution in [1.82, 2.24) is 15.2 Å². The zero-order valence-corrected chi connectivity index (χ0v) is 12.3. The van der Waals surface area contributed by atoms with Crippen molar-refractivity contribution in [3.05, 3.63) is 21.6 Å². The normalized spacial score (nSPS) is 23.8. The Morgan fingerprint density at radius 3 is 2.84 bits per heavy atom. The fourth-order valence-corrected chi connectivity index (χ4v) is 4.45. The van der Waals surface area contributed by atoms with E-state index in [0.717, 1.165) is 18.2 Å². The monoisotopic (exact) mass is 292 g/mol. The predicted octanol–water partition coefficient (Wildman–Crippen LogP) is 3.26. The molecule has 19 heavy (non-hydrogen) atoms. The zero-order chi connectivity index (χ0) is 12.7. The Kier molecular flexibility index (Phi) is 3.00. The lowest BCUT2D eigenvalue weighted by atomic mass is 9.99. The quantitative estimate of drug-likeness (QED) is 0.871. The van der Waals surface area contributed by atoms with Crippen LogP contribution in [0.1, 0.15) is 47.5 Å².